The van der Waals surface area contributed by atoms with Gasteiger partial charge >= 0.3 is 12.4 Å². The van der Waals surface area contributed by atoms with Crippen molar-refractivity contribution in [2.75, 3.05) is 19.6 Å². The zero-order valence-electron chi connectivity index (χ0n) is 30.9. The fourth-order valence-electron chi connectivity index (χ4n) is 8.23. The van der Waals surface area contributed by atoms with Gasteiger partial charge in [0.05, 0.1) is 35.8 Å². The first kappa shape index (κ1) is 41.2. The Bertz CT molecular complexity index is 1960. The average molecular weight is 805 g/mol. The molecule has 3 aliphatic rings. The van der Waals surface area contributed by atoms with Gasteiger partial charge in [-0.05, 0) is 68.7 Å². The van der Waals surface area contributed by atoms with Crippen molar-refractivity contribution < 1.29 is 50.2 Å². The van der Waals surface area contributed by atoms with E-state index in [4.69, 9.17) is 9.47 Å². The van der Waals surface area contributed by atoms with Gasteiger partial charge in [-0.2, -0.15) is 31.6 Å². The maximum Gasteiger partial charge on any atom is 0.425 e. The molecule has 56 heavy (non-hydrogen) atoms. The number of nitrogens with zero attached hydrogens (tertiary/aromatic N) is 4. The third-order valence-corrected chi connectivity index (χ3v) is 12.3. The number of Topliss-reactive ketones (excluding diaryl/α,β-unsaturated/α-hetero) is 1. The second kappa shape index (κ2) is 16.2. The molecule has 16 heteroatoms. The number of carbonyl (C=O) groups is 3. The van der Waals surface area contributed by atoms with Crippen molar-refractivity contribution >= 4 is 28.9 Å². The van der Waals surface area contributed by atoms with E-state index < -0.39 is 57.4 Å². The van der Waals surface area contributed by atoms with Gasteiger partial charge in [-0.15, -0.1) is 11.3 Å². The molecule has 3 aromatic rings. The van der Waals surface area contributed by atoms with E-state index in [0.717, 1.165) is 45.8 Å². The smallest absolute Gasteiger partial charge is 0.425 e. The summed E-state index contributed by atoms with van der Waals surface area (Å²) in [5.41, 5.74) is -3.55. The van der Waals surface area contributed by atoms with Crippen LogP contribution < -0.4 is 4.74 Å². The van der Waals surface area contributed by atoms with Crippen LogP contribution in [0.1, 0.15) is 97.3 Å². The molecule has 0 unspecified atom stereocenters. The van der Waals surface area contributed by atoms with Gasteiger partial charge in [-0.25, -0.2) is 0 Å². The van der Waals surface area contributed by atoms with Crippen LogP contribution in [0, 0.1) is 17.2 Å². The highest BCUT2D eigenvalue weighted by Gasteiger charge is 2.57. The maximum atomic E-state index is 15.0. The third-order valence-electron chi connectivity index (χ3n) is 11.3. The number of carbonyl (C=O) groups excluding carboxylic acids is 3. The summed E-state index contributed by atoms with van der Waals surface area (Å²) >= 11 is 0.376. The van der Waals surface area contributed by atoms with Crippen molar-refractivity contribution in [3.8, 4) is 11.8 Å². The van der Waals surface area contributed by atoms with Gasteiger partial charge < -0.3 is 19.3 Å². The quantitative estimate of drug-likeness (QED) is 0.179. The van der Waals surface area contributed by atoms with Crippen molar-refractivity contribution in [3.63, 3.8) is 0 Å². The number of amides is 2. The van der Waals surface area contributed by atoms with Crippen LogP contribution >= 0.6 is 11.3 Å². The number of pyridine rings is 1. The van der Waals surface area contributed by atoms with Crippen molar-refractivity contribution in [2.45, 2.75) is 107 Å². The highest BCUT2D eigenvalue weighted by atomic mass is 32.1. The lowest BCUT2D eigenvalue weighted by molar-refractivity contribution is -0.160. The number of halogens is 6. The van der Waals surface area contributed by atoms with Crippen molar-refractivity contribution in [3.05, 3.63) is 81.3 Å². The monoisotopic (exact) mass is 804 g/mol. The Morgan fingerprint density at radius 2 is 1.71 bits per heavy atom. The Hall–Kier alpha value is -4.49. The molecule has 300 valence electrons. The summed E-state index contributed by atoms with van der Waals surface area (Å²) in [7, 11) is 0. The number of alkyl halides is 6. The molecular weight excluding hydrogens is 763 g/mol. The van der Waals surface area contributed by atoms with E-state index >= 15 is 4.79 Å². The predicted octanol–water partition coefficient (Wildman–Crippen LogP) is 8.37. The second-order valence-electron chi connectivity index (χ2n) is 14.8. The van der Waals surface area contributed by atoms with E-state index in [1.165, 1.54) is 4.90 Å². The number of ketones is 1. The minimum atomic E-state index is -4.91. The molecule has 0 N–H and O–H groups in total. The summed E-state index contributed by atoms with van der Waals surface area (Å²) in [6.07, 6.45) is -6.45. The van der Waals surface area contributed by atoms with Gasteiger partial charge in [-0.3, -0.25) is 19.4 Å². The van der Waals surface area contributed by atoms with Crippen molar-refractivity contribution in [1.82, 2.24) is 14.8 Å². The molecule has 1 aromatic carbocycles. The number of thiophene rings is 1. The molecule has 2 saturated heterocycles. The number of ether oxygens (including phenoxy) is 2. The largest absolute Gasteiger partial charge is 0.474 e. The topological polar surface area (TPSA) is 113 Å². The predicted molar refractivity (Wildman–Crippen MR) is 192 cm³/mol. The van der Waals surface area contributed by atoms with Gasteiger partial charge in [-0.1, -0.05) is 37.6 Å². The lowest BCUT2D eigenvalue weighted by Gasteiger charge is -2.51. The van der Waals surface area contributed by atoms with Gasteiger partial charge in [0.2, 0.25) is 5.60 Å². The summed E-state index contributed by atoms with van der Waals surface area (Å²) in [5, 5.41) is 11.8. The number of rotatable bonds is 11. The first-order valence-corrected chi connectivity index (χ1v) is 19.5. The maximum absolute atomic E-state index is 15.0. The van der Waals surface area contributed by atoms with Gasteiger partial charge in [0.25, 0.3) is 11.8 Å². The van der Waals surface area contributed by atoms with E-state index in [9.17, 15) is 41.2 Å². The minimum Gasteiger partial charge on any atom is -0.474 e. The number of nitriles is 1. The Kier molecular flexibility index (Phi) is 11.9. The molecule has 0 radical (unpaired) electrons. The zero-order chi connectivity index (χ0) is 40.5. The van der Waals surface area contributed by atoms with E-state index in [1.54, 1.807) is 13.8 Å². The van der Waals surface area contributed by atoms with E-state index in [1.807, 2.05) is 24.3 Å². The average Bonchev–Trinajstić information content (AvgIpc) is 3.63. The third kappa shape index (κ3) is 8.16. The van der Waals surface area contributed by atoms with E-state index in [-0.39, 0.29) is 81.9 Å². The van der Waals surface area contributed by atoms with Gasteiger partial charge in [0.1, 0.15) is 22.1 Å². The molecule has 0 bridgehead atoms. The molecule has 2 atom stereocenters. The molecule has 2 aromatic heterocycles. The Morgan fingerprint density at radius 3 is 2.34 bits per heavy atom. The first-order valence-electron chi connectivity index (χ1n) is 18.6. The van der Waals surface area contributed by atoms with Crippen molar-refractivity contribution in [1.29, 1.82) is 5.26 Å². The van der Waals surface area contributed by atoms with Crippen LogP contribution in [0.4, 0.5) is 26.3 Å². The second-order valence-corrected chi connectivity index (χ2v) is 15.7. The lowest BCUT2D eigenvalue weighted by Crippen LogP contribution is -2.68. The first-order chi connectivity index (χ1) is 26.5. The summed E-state index contributed by atoms with van der Waals surface area (Å²) < 4.78 is 95.9. The number of hydrogen-bond donors (Lipinski definition) is 0. The minimum absolute atomic E-state index is 0.0140. The van der Waals surface area contributed by atoms with E-state index in [0.29, 0.717) is 30.6 Å². The molecule has 9 nitrogen and oxygen atoms in total. The Labute approximate surface area is 324 Å². The highest BCUT2D eigenvalue weighted by molar-refractivity contribution is 7.10. The van der Waals surface area contributed by atoms with Crippen LogP contribution in [-0.2, 0) is 38.7 Å². The van der Waals surface area contributed by atoms with Crippen LogP contribution in [0.25, 0.3) is 0 Å². The van der Waals surface area contributed by atoms with Gasteiger partial charge in [0, 0.05) is 49.6 Å². The lowest BCUT2D eigenvalue weighted by atomic mass is 9.71. The highest BCUT2D eigenvalue weighted by Crippen LogP contribution is 2.44. The van der Waals surface area contributed by atoms with Crippen LogP contribution in [0.5, 0.6) is 5.75 Å². The number of aromatic nitrogens is 1. The van der Waals surface area contributed by atoms with Crippen LogP contribution in [0.15, 0.2) is 54.0 Å². The van der Waals surface area contributed by atoms with E-state index in [2.05, 4.69) is 11.1 Å². The molecular formula is C40H42F6N4O5S. The molecule has 6 rings (SSSR count). The summed E-state index contributed by atoms with van der Waals surface area (Å²) in [4.78, 5) is 46.2. The number of piperidine rings is 2. The van der Waals surface area contributed by atoms with Crippen LogP contribution in [0.3, 0.4) is 0 Å². The summed E-state index contributed by atoms with van der Waals surface area (Å²) in [6.45, 7) is 3.61. The van der Waals surface area contributed by atoms with Crippen LogP contribution in [0.2, 0.25) is 0 Å². The summed E-state index contributed by atoms with van der Waals surface area (Å²) in [5.74, 6) is -1.84. The fourth-order valence-corrected chi connectivity index (χ4v) is 8.91. The van der Waals surface area contributed by atoms with Crippen LogP contribution in [-0.4, -0.2) is 69.8 Å². The fraction of sp³-hybridized carbons (Fsp3) is 0.525. The Balaban J connectivity index is 1.31. The zero-order valence-corrected chi connectivity index (χ0v) is 31.7. The number of hydrogen-bond acceptors (Lipinski definition) is 8. The number of likely N-dealkylation sites (tertiary alicyclic amines) is 2. The molecule has 2 amide bonds. The molecule has 1 aliphatic carbocycles. The standard InChI is InChI=1S/C40H42F6N4O5S/c1-3-8-32-38(55-29-21-33(56-23-29)40(44,45)46,12-7-16-50(32)35(52)34-31(39(41,42)43)11-6-15-48-34)36(53)49-17-13-37(24-47,14-18-49)30-10-5-4-9-26(30)22-54-28-19-27(20-28)25(2)51/h4-6,9-11,15,21,23,27-28,32H,3,7-8,12-14,16-20,22H2,1-2H3/t27-,28-,32-,38+/m1/s1. The molecule has 3 fully saturated rings. The SMILES string of the molecule is CCC[C@H]1N(C(=O)c2ncccc2C(F)(F)F)CCC[C@@]1(Oc1csc(C(F)(F)F)c1)C(=O)N1CCC(C#N)(c2ccccc2CO[C@H]2C[C@H](C(C)=O)C2)CC1. The molecule has 0 spiro atoms. The molecule has 4 heterocycles. The number of benzene rings is 1. The molecule has 2 aliphatic heterocycles. The summed E-state index contributed by atoms with van der Waals surface area (Å²) in [6, 6.07) is 11.3. The Morgan fingerprint density at radius 1 is 1.00 bits per heavy atom. The van der Waals surface area contributed by atoms with Gasteiger partial charge in [0.15, 0.2) is 0 Å². The normalized spacial score (nSPS) is 23.9. The van der Waals surface area contributed by atoms with Crippen molar-refractivity contribution in [2.24, 2.45) is 5.92 Å². The molecule has 1 saturated carbocycles.